The summed E-state index contributed by atoms with van der Waals surface area (Å²) in [6.07, 6.45) is 0.372. The third-order valence-corrected chi connectivity index (χ3v) is 2.46. The van der Waals surface area contributed by atoms with Gasteiger partial charge in [0.05, 0.1) is 0 Å². The van der Waals surface area contributed by atoms with Crippen molar-refractivity contribution in [1.29, 1.82) is 0 Å². The first-order chi connectivity index (χ1) is 6.68. The second-order valence-electron chi connectivity index (χ2n) is 3.42. The number of phenols is 2. The number of para-hydroxylation sites is 1. The van der Waals surface area contributed by atoms with Gasteiger partial charge in [0.1, 0.15) is 0 Å². The third-order valence-electron chi connectivity index (χ3n) is 2.46. The highest BCUT2D eigenvalue weighted by Crippen LogP contribution is 2.35. The monoisotopic (exact) mass is 193 g/mol. The Balaban J connectivity index is 2.32. The molecule has 4 heteroatoms. The number of aromatic hydroxyl groups is 2. The van der Waals surface area contributed by atoms with Crippen LogP contribution >= 0.6 is 0 Å². The normalized spacial score (nSPS) is 20.9. The van der Waals surface area contributed by atoms with Crippen molar-refractivity contribution in [1.82, 2.24) is 5.32 Å². The summed E-state index contributed by atoms with van der Waals surface area (Å²) in [6, 6.07) is 4.80. The average Bonchev–Trinajstić information content (AvgIpc) is 2.57. The molecule has 14 heavy (non-hydrogen) atoms. The molecule has 74 valence electrons. The molecule has 1 aromatic rings. The Morgan fingerprint density at radius 1 is 1.36 bits per heavy atom. The van der Waals surface area contributed by atoms with Crippen molar-refractivity contribution < 1.29 is 15.0 Å². The molecule has 1 aliphatic rings. The Kier molecular flexibility index (Phi) is 2.04. The summed E-state index contributed by atoms with van der Waals surface area (Å²) >= 11 is 0. The first-order valence-corrected chi connectivity index (χ1v) is 4.46. The number of rotatable bonds is 1. The highest BCUT2D eigenvalue weighted by molar-refractivity contribution is 5.79. The van der Waals surface area contributed by atoms with Gasteiger partial charge in [0.2, 0.25) is 5.91 Å². The van der Waals surface area contributed by atoms with E-state index in [4.69, 9.17) is 0 Å². The second-order valence-corrected chi connectivity index (χ2v) is 3.42. The van der Waals surface area contributed by atoms with Gasteiger partial charge in [-0.2, -0.15) is 0 Å². The van der Waals surface area contributed by atoms with Crippen LogP contribution in [-0.2, 0) is 4.79 Å². The number of hydrogen-bond acceptors (Lipinski definition) is 3. The average molecular weight is 193 g/mol. The van der Waals surface area contributed by atoms with Gasteiger partial charge in [0.15, 0.2) is 11.5 Å². The summed E-state index contributed by atoms with van der Waals surface area (Å²) < 4.78 is 0. The van der Waals surface area contributed by atoms with Crippen LogP contribution in [0.4, 0.5) is 0 Å². The van der Waals surface area contributed by atoms with E-state index in [9.17, 15) is 15.0 Å². The largest absolute Gasteiger partial charge is 0.504 e. The molecule has 1 fully saturated rings. The molecule has 1 atom stereocenters. The molecule has 1 saturated heterocycles. The summed E-state index contributed by atoms with van der Waals surface area (Å²) in [7, 11) is 0. The van der Waals surface area contributed by atoms with E-state index >= 15 is 0 Å². The first-order valence-electron chi connectivity index (χ1n) is 4.46. The fourth-order valence-electron chi connectivity index (χ4n) is 1.70. The van der Waals surface area contributed by atoms with Crippen molar-refractivity contribution in [2.45, 2.75) is 12.3 Å². The third kappa shape index (κ3) is 1.39. The lowest BCUT2D eigenvalue weighted by molar-refractivity contribution is -0.119. The second kappa shape index (κ2) is 3.21. The van der Waals surface area contributed by atoms with Gasteiger partial charge in [-0.25, -0.2) is 0 Å². The number of amides is 1. The van der Waals surface area contributed by atoms with Gasteiger partial charge >= 0.3 is 0 Å². The first kappa shape index (κ1) is 8.87. The Bertz CT molecular complexity index is 376. The van der Waals surface area contributed by atoms with E-state index < -0.39 is 0 Å². The van der Waals surface area contributed by atoms with Crippen molar-refractivity contribution in [3.63, 3.8) is 0 Å². The molecule has 1 aromatic carbocycles. The number of phenolic OH excluding ortho intramolecular Hbond substituents is 2. The van der Waals surface area contributed by atoms with Crippen LogP contribution in [-0.4, -0.2) is 22.7 Å². The van der Waals surface area contributed by atoms with E-state index in [1.54, 1.807) is 12.1 Å². The van der Waals surface area contributed by atoms with Crippen molar-refractivity contribution in [3.05, 3.63) is 23.8 Å². The molecule has 4 nitrogen and oxygen atoms in total. The number of nitrogens with one attached hydrogen (secondary N) is 1. The molecule has 1 heterocycles. The minimum Gasteiger partial charge on any atom is -0.504 e. The molecule has 1 unspecified atom stereocenters. The van der Waals surface area contributed by atoms with E-state index in [0.29, 0.717) is 18.5 Å². The molecule has 1 amide bonds. The number of benzene rings is 1. The smallest absolute Gasteiger partial charge is 0.220 e. The Morgan fingerprint density at radius 2 is 2.14 bits per heavy atom. The quantitative estimate of drug-likeness (QED) is 0.575. The predicted octanol–water partition coefficient (Wildman–Crippen LogP) is 0.701. The molecule has 0 aliphatic carbocycles. The Morgan fingerprint density at radius 3 is 2.79 bits per heavy atom. The standard InChI is InChI=1S/C10H11NO3/c12-8-3-1-2-7(10(8)14)6-4-9(13)11-5-6/h1-3,6,12,14H,4-5H2,(H,11,13). The Hall–Kier alpha value is -1.71. The van der Waals surface area contributed by atoms with E-state index in [0.717, 1.165) is 0 Å². The van der Waals surface area contributed by atoms with E-state index in [2.05, 4.69) is 5.32 Å². The fourth-order valence-corrected chi connectivity index (χ4v) is 1.70. The minimum absolute atomic E-state index is 0.0160. The number of carbonyl (C=O) groups is 1. The number of carbonyl (C=O) groups excluding carboxylic acids is 1. The zero-order valence-electron chi connectivity index (χ0n) is 7.53. The van der Waals surface area contributed by atoms with Crippen LogP contribution in [0.1, 0.15) is 17.9 Å². The van der Waals surface area contributed by atoms with Gasteiger partial charge < -0.3 is 15.5 Å². The lowest BCUT2D eigenvalue weighted by Crippen LogP contribution is -2.13. The summed E-state index contributed by atoms with van der Waals surface area (Å²) in [5, 5.41) is 21.5. The highest BCUT2D eigenvalue weighted by Gasteiger charge is 2.25. The lowest BCUT2D eigenvalue weighted by Gasteiger charge is -2.10. The van der Waals surface area contributed by atoms with Gasteiger partial charge in [-0.1, -0.05) is 12.1 Å². The van der Waals surface area contributed by atoms with Crippen molar-refractivity contribution in [3.8, 4) is 11.5 Å². The zero-order chi connectivity index (χ0) is 10.1. The topological polar surface area (TPSA) is 69.6 Å². The predicted molar refractivity (Wildman–Crippen MR) is 50.1 cm³/mol. The van der Waals surface area contributed by atoms with E-state index in [-0.39, 0.29) is 23.3 Å². The maximum Gasteiger partial charge on any atom is 0.220 e. The molecule has 0 radical (unpaired) electrons. The highest BCUT2D eigenvalue weighted by atomic mass is 16.3. The number of hydrogen-bond donors (Lipinski definition) is 3. The molecular formula is C10H11NO3. The van der Waals surface area contributed by atoms with Crippen LogP contribution in [0.15, 0.2) is 18.2 Å². The molecule has 0 bridgehead atoms. The molecular weight excluding hydrogens is 182 g/mol. The van der Waals surface area contributed by atoms with Crippen molar-refractivity contribution in [2.75, 3.05) is 6.54 Å². The summed E-state index contributed by atoms with van der Waals surface area (Å²) in [4.78, 5) is 11.0. The maximum atomic E-state index is 11.0. The molecule has 3 N–H and O–H groups in total. The van der Waals surface area contributed by atoms with Gasteiger partial charge in [-0.15, -0.1) is 0 Å². The molecule has 0 spiro atoms. The summed E-state index contributed by atoms with van der Waals surface area (Å²) in [5.41, 5.74) is 0.628. The van der Waals surface area contributed by atoms with Gasteiger partial charge in [-0.05, 0) is 6.07 Å². The summed E-state index contributed by atoms with van der Waals surface area (Å²) in [6.45, 7) is 0.524. The van der Waals surface area contributed by atoms with E-state index in [1.165, 1.54) is 6.07 Å². The van der Waals surface area contributed by atoms with Crippen LogP contribution in [0.25, 0.3) is 0 Å². The van der Waals surface area contributed by atoms with Crippen LogP contribution in [0.3, 0.4) is 0 Å². The van der Waals surface area contributed by atoms with Gasteiger partial charge in [0, 0.05) is 24.4 Å². The van der Waals surface area contributed by atoms with Gasteiger partial charge in [-0.3, -0.25) is 4.79 Å². The summed E-state index contributed by atoms with van der Waals surface area (Å²) in [5.74, 6) is -0.303. The van der Waals surface area contributed by atoms with Crippen LogP contribution in [0, 0.1) is 0 Å². The van der Waals surface area contributed by atoms with Crippen LogP contribution in [0.2, 0.25) is 0 Å². The molecule has 1 aliphatic heterocycles. The van der Waals surface area contributed by atoms with Gasteiger partial charge in [0.25, 0.3) is 0 Å². The van der Waals surface area contributed by atoms with Crippen molar-refractivity contribution in [2.24, 2.45) is 0 Å². The van der Waals surface area contributed by atoms with Crippen LogP contribution < -0.4 is 5.32 Å². The lowest BCUT2D eigenvalue weighted by atomic mass is 9.97. The SMILES string of the molecule is O=C1CC(c2cccc(O)c2O)CN1. The van der Waals surface area contributed by atoms with Crippen LogP contribution in [0.5, 0.6) is 11.5 Å². The maximum absolute atomic E-state index is 11.0. The molecule has 0 saturated carbocycles. The zero-order valence-corrected chi connectivity index (χ0v) is 7.53. The Labute approximate surface area is 81.2 Å². The minimum atomic E-state index is -0.137. The fraction of sp³-hybridized carbons (Fsp3) is 0.300. The van der Waals surface area contributed by atoms with E-state index in [1.807, 2.05) is 0 Å². The molecule has 0 aromatic heterocycles. The van der Waals surface area contributed by atoms with Crippen molar-refractivity contribution >= 4 is 5.91 Å². The molecule has 2 rings (SSSR count).